The predicted octanol–water partition coefficient (Wildman–Crippen LogP) is 5.38. The van der Waals surface area contributed by atoms with Crippen molar-refractivity contribution in [2.75, 3.05) is 11.4 Å². The monoisotopic (exact) mass is 341 g/mol. The average Bonchev–Trinajstić information content (AvgIpc) is 2.93. The molecule has 24 heavy (non-hydrogen) atoms. The number of hydrogen-bond acceptors (Lipinski definition) is 1. The molecule has 0 N–H and O–H groups in total. The minimum absolute atomic E-state index is 0.226. The van der Waals surface area contributed by atoms with Crippen LogP contribution < -0.4 is 4.90 Å². The van der Waals surface area contributed by atoms with Crippen LogP contribution in [0.1, 0.15) is 59.9 Å². The SMILES string of the molecule is CC(C)[Si](C#Cc1ccccc1N1CCCC1=O)(C(C)C)C(C)C. The molecule has 0 unspecified atom stereocenters. The molecule has 1 aliphatic rings. The lowest BCUT2D eigenvalue weighted by atomic mass is 10.1. The van der Waals surface area contributed by atoms with E-state index in [1.807, 2.05) is 23.1 Å². The highest BCUT2D eigenvalue weighted by atomic mass is 28.3. The van der Waals surface area contributed by atoms with Crippen molar-refractivity contribution in [3.05, 3.63) is 29.8 Å². The van der Waals surface area contributed by atoms with Gasteiger partial charge in [0.15, 0.2) is 0 Å². The Labute approximate surface area is 148 Å². The number of hydrogen-bond donors (Lipinski definition) is 0. The molecule has 2 rings (SSSR count). The van der Waals surface area contributed by atoms with Crippen LogP contribution in [0.4, 0.5) is 5.69 Å². The summed E-state index contributed by atoms with van der Waals surface area (Å²) in [5, 5.41) is 0. The average molecular weight is 342 g/mol. The molecule has 0 atom stereocenters. The highest BCUT2D eigenvalue weighted by Crippen LogP contribution is 2.41. The maximum atomic E-state index is 12.1. The van der Waals surface area contributed by atoms with E-state index < -0.39 is 8.07 Å². The van der Waals surface area contributed by atoms with Crippen LogP contribution in [0.3, 0.4) is 0 Å². The Bertz CT molecular complexity index is 630. The second-order valence-electron chi connectivity index (χ2n) is 7.81. The number of anilines is 1. The molecule has 1 aliphatic heterocycles. The van der Waals surface area contributed by atoms with Gasteiger partial charge in [-0.15, -0.1) is 5.54 Å². The van der Waals surface area contributed by atoms with Crippen molar-refractivity contribution in [3.63, 3.8) is 0 Å². The summed E-state index contributed by atoms with van der Waals surface area (Å²) in [5.74, 6) is 3.74. The van der Waals surface area contributed by atoms with Crippen LogP contribution in [-0.2, 0) is 4.79 Å². The van der Waals surface area contributed by atoms with Crippen LogP contribution in [0.2, 0.25) is 16.6 Å². The van der Waals surface area contributed by atoms with Gasteiger partial charge in [0, 0.05) is 18.5 Å². The minimum Gasteiger partial charge on any atom is -0.311 e. The molecule has 0 aromatic heterocycles. The maximum Gasteiger partial charge on any atom is 0.227 e. The Kier molecular flexibility index (Phi) is 5.93. The van der Waals surface area contributed by atoms with Crippen molar-refractivity contribution >= 4 is 19.7 Å². The van der Waals surface area contributed by atoms with Crippen molar-refractivity contribution in [2.45, 2.75) is 71.0 Å². The molecule has 130 valence electrons. The summed E-state index contributed by atoms with van der Waals surface area (Å²) >= 11 is 0. The topological polar surface area (TPSA) is 20.3 Å². The second-order valence-corrected chi connectivity index (χ2v) is 13.4. The van der Waals surface area contributed by atoms with Gasteiger partial charge >= 0.3 is 0 Å². The Morgan fingerprint density at radius 1 is 1.00 bits per heavy atom. The summed E-state index contributed by atoms with van der Waals surface area (Å²) in [4.78, 5) is 14.0. The number of benzene rings is 1. The van der Waals surface area contributed by atoms with E-state index in [0.29, 0.717) is 23.0 Å². The van der Waals surface area contributed by atoms with E-state index in [4.69, 9.17) is 0 Å². The summed E-state index contributed by atoms with van der Waals surface area (Å²) in [6.45, 7) is 14.8. The first kappa shape index (κ1) is 18.8. The van der Waals surface area contributed by atoms with Crippen molar-refractivity contribution in [2.24, 2.45) is 0 Å². The lowest BCUT2D eigenvalue weighted by Crippen LogP contribution is -2.43. The lowest BCUT2D eigenvalue weighted by Gasteiger charge is -2.38. The first-order valence-corrected chi connectivity index (χ1v) is 11.5. The van der Waals surface area contributed by atoms with E-state index in [2.05, 4.69) is 59.1 Å². The minimum atomic E-state index is -1.75. The van der Waals surface area contributed by atoms with Crippen molar-refractivity contribution in [1.29, 1.82) is 0 Å². The third kappa shape index (κ3) is 3.44. The van der Waals surface area contributed by atoms with Crippen LogP contribution in [-0.4, -0.2) is 20.5 Å². The largest absolute Gasteiger partial charge is 0.311 e. The third-order valence-corrected chi connectivity index (χ3v) is 11.8. The molecular formula is C21H31NOSi. The van der Waals surface area contributed by atoms with Gasteiger partial charge in [0.25, 0.3) is 0 Å². The highest BCUT2D eigenvalue weighted by molar-refractivity contribution is 6.90. The summed E-state index contributed by atoms with van der Waals surface area (Å²) in [6, 6.07) is 8.13. The standard InChI is InChI=1S/C21H31NOSi/c1-16(2)24(17(3)4,18(5)6)15-13-19-10-7-8-11-20(19)22-14-9-12-21(22)23/h7-8,10-11,16-18H,9,12,14H2,1-6H3. The number of nitrogens with zero attached hydrogens (tertiary/aromatic N) is 1. The van der Waals surface area contributed by atoms with Gasteiger partial charge in [-0.05, 0) is 35.2 Å². The number of carbonyl (C=O) groups is 1. The zero-order valence-corrected chi connectivity index (χ0v) is 17.0. The van der Waals surface area contributed by atoms with Gasteiger partial charge in [-0.2, -0.15) is 0 Å². The fourth-order valence-corrected chi connectivity index (χ4v) is 9.54. The van der Waals surface area contributed by atoms with Crippen LogP contribution >= 0.6 is 0 Å². The molecule has 1 fully saturated rings. The summed E-state index contributed by atoms with van der Waals surface area (Å²) in [6.07, 6.45) is 1.60. The summed E-state index contributed by atoms with van der Waals surface area (Å²) < 4.78 is 0. The van der Waals surface area contributed by atoms with Crippen LogP contribution in [0.15, 0.2) is 24.3 Å². The van der Waals surface area contributed by atoms with E-state index >= 15 is 0 Å². The van der Waals surface area contributed by atoms with Crippen LogP contribution in [0, 0.1) is 11.5 Å². The molecule has 1 aromatic rings. The van der Waals surface area contributed by atoms with Gasteiger partial charge < -0.3 is 4.90 Å². The normalized spacial score (nSPS) is 15.4. The lowest BCUT2D eigenvalue weighted by molar-refractivity contribution is -0.117. The van der Waals surface area contributed by atoms with Gasteiger partial charge in [-0.1, -0.05) is 59.6 Å². The summed E-state index contributed by atoms with van der Waals surface area (Å²) in [7, 11) is -1.75. The molecule has 1 heterocycles. The molecule has 0 bridgehead atoms. The molecule has 1 saturated heterocycles. The van der Waals surface area contributed by atoms with E-state index in [9.17, 15) is 4.79 Å². The Morgan fingerprint density at radius 2 is 1.58 bits per heavy atom. The highest BCUT2D eigenvalue weighted by Gasteiger charge is 2.41. The number of carbonyl (C=O) groups excluding carboxylic acids is 1. The Morgan fingerprint density at radius 3 is 2.08 bits per heavy atom. The maximum absolute atomic E-state index is 12.1. The summed E-state index contributed by atoms with van der Waals surface area (Å²) in [5.41, 5.74) is 7.62. The zero-order valence-electron chi connectivity index (χ0n) is 16.0. The van der Waals surface area contributed by atoms with Crippen molar-refractivity contribution in [1.82, 2.24) is 0 Å². The smallest absolute Gasteiger partial charge is 0.227 e. The zero-order chi connectivity index (χ0) is 17.9. The van der Waals surface area contributed by atoms with Gasteiger partial charge in [-0.25, -0.2) is 0 Å². The van der Waals surface area contributed by atoms with Gasteiger partial charge in [0.05, 0.1) is 5.69 Å². The van der Waals surface area contributed by atoms with E-state index in [0.717, 1.165) is 24.2 Å². The second kappa shape index (κ2) is 7.57. The van der Waals surface area contributed by atoms with Gasteiger partial charge in [-0.3, -0.25) is 4.79 Å². The molecule has 1 aromatic carbocycles. The van der Waals surface area contributed by atoms with Crippen molar-refractivity contribution < 1.29 is 4.79 Å². The third-order valence-electron chi connectivity index (χ3n) is 5.55. The number of rotatable bonds is 4. The molecule has 3 heteroatoms. The molecule has 1 amide bonds. The van der Waals surface area contributed by atoms with E-state index in [1.54, 1.807) is 0 Å². The fraction of sp³-hybridized carbons (Fsp3) is 0.571. The molecule has 0 saturated carbocycles. The first-order chi connectivity index (χ1) is 11.3. The Balaban J connectivity index is 2.48. The molecule has 0 aliphatic carbocycles. The quantitative estimate of drug-likeness (QED) is 0.531. The van der Waals surface area contributed by atoms with Crippen molar-refractivity contribution in [3.8, 4) is 11.5 Å². The number of para-hydroxylation sites is 1. The van der Waals surface area contributed by atoms with Crippen LogP contribution in [0.5, 0.6) is 0 Å². The van der Waals surface area contributed by atoms with E-state index in [-0.39, 0.29) is 5.91 Å². The van der Waals surface area contributed by atoms with Gasteiger partial charge in [0.2, 0.25) is 5.91 Å². The number of amides is 1. The molecule has 2 nitrogen and oxygen atoms in total. The molecule has 0 spiro atoms. The van der Waals surface area contributed by atoms with Gasteiger partial charge in [0.1, 0.15) is 8.07 Å². The molecule has 0 radical (unpaired) electrons. The van der Waals surface area contributed by atoms with Crippen LogP contribution in [0.25, 0.3) is 0 Å². The van der Waals surface area contributed by atoms with E-state index in [1.165, 1.54) is 0 Å². The molecular weight excluding hydrogens is 310 g/mol. The fourth-order valence-electron chi connectivity index (χ4n) is 4.33. The Hall–Kier alpha value is -1.53. The first-order valence-electron chi connectivity index (χ1n) is 9.23. The predicted molar refractivity (Wildman–Crippen MR) is 106 cm³/mol.